The summed E-state index contributed by atoms with van der Waals surface area (Å²) in [6.07, 6.45) is 7.50. The largest absolute Gasteiger partial charge is 0.506 e. The molecule has 0 atom stereocenters. The van der Waals surface area contributed by atoms with Crippen molar-refractivity contribution in [1.29, 1.82) is 0 Å². The number of rotatable bonds is 3. The molecule has 0 radical (unpaired) electrons. The van der Waals surface area contributed by atoms with E-state index in [0.717, 1.165) is 32.0 Å². The Labute approximate surface area is 112 Å². The van der Waals surface area contributed by atoms with E-state index in [1.165, 1.54) is 31.3 Å². The molecule has 1 saturated heterocycles. The highest BCUT2D eigenvalue weighted by Gasteiger charge is 2.32. The molecule has 0 bridgehead atoms. The number of amides is 1. The third-order valence-corrected chi connectivity index (χ3v) is 3.91. The Bertz CT molecular complexity index is 466. The Hall–Kier alpha value is -1.62. The number of hydrogen-bond acceptors (Lipinski definition) is 4. The fraction of sp³-hybridized carbons (Fsp3) is 0.571. The molecule has 5 nitrogen and oxygen atoms in total. The molecule has 1 aliphatic heterocycles. The number of aromatic nitrogens is 1. The maximum atomic E-state index is 12.0. The van der Waals surface area contributed by atoms with Crippen LogP contribution in [0.4, 0.5) is 0 Å². The zero-order valence-corrected chi connectivity index (χ0v) is 10.9. The van der Waals surface area contributed by atoms with E-state index < -0.39 is 0 Å². The summed E-state index contributed by atoms with van der Waals surface area (Å²) in [5.74, 6) is -0.121. The average molecular weight is 261 g/mol. The molecule has 1 aromatic rings. The highest BCUT2D eigenvalue weighted by Crippen LogP contribution is 2.29. The van der Waals surface area contributed by atoms with Gasteiger partial charge in [0.15, 0.2) is 0 Å². The van der Waals surface area contributed by atoms with Gasteiger partial charge in [0.2, 0.25) is 0 Å². The lowest BCUT2D eigenvalue weighted by Crippen LogP contribution is -2.45. The predicted molar refractivity (Wildman–Crippen MR) is 71.0 cm³/mol. The van der Waals surface area contributed by atoms with E-state index in [0.29, 0.717) is 5.56 Å². The standard InChI is InChI=1S/C14H19N3O2/c18-13-7-10(8-15-9-13)14(19)16-11-3-5-17(6-4-11)12-1-2-12/h7-9,11-12,18H,1-6H2,(H,16,19). The number of likely N-dealkylation sites (tertiary alicyclic amines) is 1. The Morgan fingerprint density at radius 3 is 2.63 bits per heavy atom. The maximum absolute atomic E-state index is 12.0. The van der Waals surface area contributed by atoms with E-state index >= 15 is 0 Å². The molecule has 19 heavy (non-hydrogen) atoms. The minimum absolute atomic E-state index is 0.0243. The molecule has 2 heterocycles. The van der Waals surface area contributed by atoms with E-state index in [1.54, 1.807) is 0 Å². The zero-order chi connectivity index (χ0) is 13.2. The van der Waals surface area contributed by atoms with Crippen LogP contribution in [0.2, 0.25) is 0 Å². The number of piperidine rings is 1. The van der Waals surface area contributed by atoms with Gasteiger partial charge in [-0.15, -0.1) is 0 Å². The fourth-order valence-electron chi connectivity index (χ4n) is 2.67. The molecule has 1 aromatic heterocycles. The molecule has 0 spiro atoms. The molecule has 0 unspecified atom stereocenters. The number of hydrogen-bond donors (Lipinski definition) is 2. The van der Waals surface area contributed by atoms with E-state index in [4.69, 9.17) is 0 Å². The van der Waals surface area contributed by atoms with Crippen LogP contribution in [0.1, 0.15) is 36.0 Å². The third-order valence-electron chi connectivity index (χ3n) is 3.91. The van der Waals surface area contributed by atoms with Gasteiger partial charge in [0.1, 0.15) is 5.75 Å². The minimum Gasteiger partial charge on any atom is -0.506 e. The number of aromatic hydroxyl groups is 1. The first-order valence-electron chi connectivity index (χ1n) is 6.91. The number of carbonyl (C=O) groups excluding carboxylic acids is 1. The summed E-state index contributed by atoms with van der Waals surface area (Å²) in [6, 6.07) is 2.50. The first-order valence-corrected chi connectivity index (χ1v) is 6.91. The van der Waals surface area contributed by atoms with Crippen molar-refractivity contribution in [2.24, 2.45) is 0 Å². The molecule has 102 valence electrons. The van der Waals surface area contributed by atoms with Crippen molar-refractivity contribution in [3.63, 3.8) is 0 Å². The first kappa shape index (κ1) is 12.4. The molecule has 1 saturated carbocycles. The quantitative estimate of drug-likeness (QED) is 0.856. The van der Waals surface area contributed by atoms with Crippen molar-refractivity contribution in [3.05, 3.63) is 24.0 Å². The van der Waals surface area contributed by atoms with Crippen LogP contribution in [0.15, 0.2) is 18.5 Å². The zero-order valence-electron chi connectivity index (χ0n) is 10.9. The molecule has 2 aliphatic rings. The number of nitrogens with zero attached hydrogens (tertiary/aromatic N) is 2. The second kappa shape index (κ2) is 5.17. The van der Waals surface area contributed by atoms with Gasteiger partial charge in [0.25, 0.3) is 5.91 Å². The smallest absolute Gasteiger partial charge is 0.253 e. The molecule has 1 amide bonds. The second-order valence-corrected chi connectivity index (χ2v) is 5.45. The fourth-order valence-corrected chi connectivity index (χ4v) is 2.67. The van der Waals surface area contributed by atoms with Crippen molar-refractivity contribution < 1.29 is 9.90 Å². The summed E-state index contributed by atoms with van der Waals surface area (Å²) in [5, 5.41) is 12.3. The van der Waals surface area contributed by atoms with Crippen molar-refractivity contribution >= 4 is 5.91 Å². The molecular weight excluding hydrogens is 242 g/mol. The Balaban J connectivity index is 1.52. The number of carbonyl (C=O) groups is 1. The minimum atomic E-state index is -0.145. The van der Waals surface area contributed by atoms with Crippen molar-refractivity contribution in [2.45, 2.75) is 37.8 Å². The van der Waals surface area contributed by atoms with Gasteiger partial charge in [0, 0.05) is 31.4 Å². The van der Waals surface area contributed by atoms with Gasteiger partial charge in [-0.25, -0.2) is 0 Å². The third kappa shape index (κ3) is 3.04. The second-order valence-electron chi connectivity index (χ2n) is 5.45. The van der Waals surface area contributed by atoms with Crippen molar-refractivity contribution in [2.75, 3.05) is 13.1 Å². The summed E-state index contributed by atoms with van der Waals surface area (Å²) in [6.45, 7) is 2.15. The lowest BCUT2D eigenvalue weighted by atomic mass is 10.0. The molecule has 5 heteroatoms. The molecule has 2 N–H and O–H groups in total. The average Bonchev–Trinajstić information content (AvgIpc) is 3.24. The van der Waals surface area contributed by atoms with Gasteiger partial charge in [-0.2, -0.15) is 0 Å². The Morgan fingerprint density at radius 1 is 1.26 bits per heavy atom. The van der Waals surface area contributed by atoms with Crippen LogP contribution in [-0.2, 0) is 0 Å². The van der Waals surface area contributed by atoms with Crippen LogP contribution >= 0.6 is 0 Å². The van der Waals surface area contributed by atoms with E-state index in [9.17, 15) is 9.90 Å². The van der Waals surface area contributed by atoms with Gasteiger partial charge in [0.05, 0.1) is 11.8 Å². The number of pyridine rings is 1. The summed E-state index contributed by atoms with van der Waals surface area (Å²) in [5.41, 5.74) is 0.421. The molecule has 2 fully saturated rings. The van der Waals surface area contributed by atoms with Gasteiger partial charge in [-0.1, -0.05) is 0 Å². The molecular formula is C14H19N3O2. The lowest BCUT2D eigenvalue weighted by molar-refractivity contribution is 0.0908. The highest BCUT2D eigenvalue weighted by molar-refractivity contribution is 5.94. The van der Waals surface area contributed by atoms with Crippen molar-refractivity contribution in [1.82, 2.24) is 15.2 Å². The van der Waals surface area contributed by atoms with Crippen LogP contribution in [0, 0.1) is 0 Å². The van der Waals surface area contributed by atoms with Gasteiger partial charge < -0.3 is 15.3 Å². The molecule has 3 rings (SSSR count). The Kier molecular flexibility index (Phi) is 3.38. The Morgan fingerprint density at radius 2 is 2.00 bits per heavy atom. The summed E-state index contributed by atoms with van der Waals surface area (Å²) >= 11 is 0. The number of nitrogens with one attached hydrogen (secondary N) is 1. The van der Waals surface area contributed by atoms with Crippen LogP contribution in [0.3, 0.4) is 0 Å². The van der Waals surface area contributed by atoms with Crippen LogP contribution in [0.5, 0.6) is 5.75 Å². The van der Waals surface area contributed by atoms with E-state index in [2.05, 4.69) is 15.2 Å². The van der Waals surface area contributed by atoms with Crippen LogP contribution in [0.25, 0.3) is 0 Å². The highest BCUT2D eigenvalue weighted by atomic mass is 16.3. The van der Waals surface area contributed by atoms with Crippen molar-refractivity contribution in [3.8, 4) is 5.75 Å². The lowest BCUT2D eigenvalue weighted by Gasteiger charge is -2.32. The maximum Gasteiger partial charge on any atom is 0.253 e. The molecule has 1 aliphatic carbocycles. The first-order chi connectivity index (χ1) is 9.22. The topological polar surface area (TPSA) is 65.5 Å². The van der Waals surface area contributed by atoms with Gasteiger partial charge in [-0.3, -0.25) is 9.78 Å². The summed E-state index contributed by atoms with van der Waals surface area (Å²) in [7, 11) is 0. The summed E-state index contributed by atoms with van der Waals surface area (Å²) in [4.78, 5) is 18.4. The predicted octanol–water partition coefficient (Wildman–Crippen LogP) is 1.14. The van der Waals surface area contributed by atoms with Gasteiger partial charge in [-0.05, 0) is 31.7 Å². The normalized spacial score (nSPS) is 21.3. The van der Waals surface area contributed by atoms with Gasteiger partial charge >= 0.3 is 0 Å². The SMILES string of the molecule is O=C(NC1CCN(C2CC2)CC1)c1cncc(O)c1. The van der Waals surface area contributed by atoms with Crippen LogP contribution < -0.4 is 5.32 Å². The van der Waals surface area contributed by atoms with E-state index in [1.807, 2.05) is 0 Å². The molecule has 0 aromatic carbocycles. The van der Waals surface area contributed by atoms with Crippen LogP contribution in [-0.4, -0.2) is 46.1 Å². The van der Waals surface area contributed by atoms with E-state index in [-0.39, 0.29) is 17.7 Å². The monoisotopic (exact) mass is 261 g/mol. The summed E-state index contributed by atoms with van der Waals surface area (Å²) < 4.78 is 0.